The Morgan fingerprint density at radius 2 is 2.40 bits per heavy atom. The van der Waals surface area contributed by atoms with Gasteiger partial charge in [0.05, 0.1) is 13.2 Å². The lowest BCUT2D eigenvalue weighted by molar-refractivity contribution is -0.125. The van der Waals surface area contributed by atoms with Gasteiger partial charge >= 0.3 is 0 Å². The zero-order chi connectivity index (χ0) is 11.3. The van der Waals surface area contributed by atoms with Crippen LogP contribution in [0.2, 0.25) is 0 Å². The molecule has 1 fully saturated rings. The first-order valence-electron chi connectivity index (χ1n) is 5.57. The number of piperidine rings is 1. The number of likely N-dealkylation sites (tertiary alicyclic amines) is 1. The number of Topliss-reactive ketones (excluding diaryl/α,β-unsaturated/α-hetero) is 1. The van der Waals surface area contributed by atoms with Crippen LogP contribution in [0.25, 0.3) is 0 Å². The molecular formula is C12H21NO2. The van der Waals surface area contributed by atoms with E-state index in [1.54, 1.807) is 0 Å². The summed E-state index contributed by atoms with van der Waals surface area (Å²) in [7, 11) is 0. The lowest BCUT2D eigenvalue weighted by Gasteiger charge is -2.29. The van der Waals surface area contributed by atoms with Gasteiger partial charge < -0.3 is 4.74 Å². The third kappa shape index (κ3) is 4.58. The van der Waals surface area contributed by atoms with Crippen molar-refractivity contribution in [2.75, 3.05) is 32.8 Å². The van der Waals surface area contributed by atoms with Gasteiger partial charge in [0, 0.05) is 32.0 Å². The molecule has 1 rings (SSSR count). The van der Waals surface area contributed by atoms with Crippen molar-refractivity contribution in [1.29, 1.82) is 0 Å². The molecule has 1 heterocycles. The van der Waals surface area contributed by atoms with Crippen LogP contribution in [-0.4, -0.2) is 43.5 Å². The van der Waals surface area contributed by atoms with Crippen molar-refractivity contribution < 1.29 is 9.53 Å². The third-order valence-electron chi connectivity index (χ3n) is 2.66. The highest BCUT2D eigenvalue weighted by Gasteiger charge is 2.22. The second-order valence-corrected chi connectivity index (χ2v) is 4.43. The molecule has 0 radical (unpaired) electrons. The summed E-state index contributed by atoms with van der Waals surface area (Å²) >= 11 is 0. The first kappa shape index (κ1) is 12.4. The van der Waals surface area contributed by atoms with Gasteiger partial charge in [-0.3, -0.25) is 9.69 Å². The van der Waals surface area contributed by atoms with Gasteiger partial charge in [0.25, 0.3) is 0 Å². The predicted octanol–water partition coefficient (Wildman–Crippen LogP) is 1.49. The molecule has 86 valence electrons. The smallest absolute Gasteiger partial charge is 0.138 e. The van der Waals surface area contributed by atoms with Gasteiger partial charge in [-0.1, -0.05) is 19.1 Å². The van der Waals surface area contributed by atoms with Crippen molar-refractivity contribution in [3.05, 3.63) is 12.2 Å². The van der Waals surface area contributed by atoms with Gasteiger partial charge in [0.2, 0.25) is 0 Å². The first-order chi connectivity index (χ1) is 7.09. The molecule has 0 aromatic rings. The Bertz CT molecular complexity index is 238. The van der Waals surface area contributed by atoms with E-state index < -0.39 is 0 Å². The third-order valence-corrected chi connectivity index (χ3v) is 2.66. The van der Waals surface area contributed by atoms with Crippen LogP contribution in [0.5, 0.6) is 0 Å². The normalized spacial score (nSPS) is 23.1. The van der Waals surface area contributed by atoms with Crippen molar-refractivity contribution in [3.63, 3.8) is 0 Å². The van der Waals surface area contributed by atoms with Crippen LogP contribution in [-0.2, 0) is 9.53 Å². The summed E-state index contributed by atoms with van der Waals surface area (Å²) in [5.74, 6) is 0.592. The standard InChI is InChI=1S/C12H21NO2/c1-10(2)9-15-7-6-13-5-4-12(14)11(3)8-13/h11H,1,4-9H2,2-3H3. The molecule has 1 saturated heterocycles. The Morgan fingerprint density at radius 1 is 1.67 bits per heavy atom. The van der Waals surface area contributed by atoms with E-state index in [0.717, 1.165) is 31.8 Å². The minimum absolute atomic E-state index is 0.194. The molecule has 15 heavy (non-hydrogen) atoms. The van der Waals surface area contributed by atoms with Crippen molar-refractivity contribution in [3.8, 4) is 0 Å². The van der Waals surface area contributed by atoms with E-state index in [0.29, 0.717) is 18.8 Å². The second-order valence-electron chi connectivity index (χ2n) is 4.43. The Morgan fingerprint density at radius 3 is 3.00 bits per heavy atom. The van der Waals surface area contributed by atoms with Crippen LogP contribution >= 0.6 is 0 Å². The Balaban J connectivity index is 2.12. The Kier molecular flexibility index (Phi) is 4.99. The van der Waals surface area contributed by atoms with Gasteiger partial charge in [-0.25, -0.2) is 0 Å². The van der Waals surface area contributed by atoms with Gasteiger partial charge in [-0.15, -0.1) is 0 Å². The molecule has 0 saturated carbocycles. The fraction of sp³-hybridized carbons (Fsp3) is 0.750. The lowest BCUT2D eigenvalue weighted by Crippen LogP contribution is -2.41. The molecule has 0 aliphatic carbocycles. The van der Waals surface area contributed by atoms with Crippen molar-refractivity contribution in [2.24, 2.45) is 5.92 Å². The van der Waals surface area contributed by atoms with Gasteiger partial charge in [0.15, 0.2) is 0 Å². The van der Waals surface area contributed by atoms with E-state index in [2.05, 4.69) is 11.5 Å². The van der Waals surface area contributed by atoms with E-state index in [9.17, 15) is 4.79 Å². The molecule has 1 aliphatic rings. The maximum Gasteiger partial charge on any atom is 0.138 e. The molecule has 1 aliphatic heterocycles. The van der Waals surface area contributed by atoms with E-state index in [-0.39, 0.29) is 5.92 Å². The summed E-state index contributed by atoms with van der Waals surface area (Å²) in [5.41, 5.74) is 1.05. The molecule has 0 aromatic heterocycles. The van der Waals surface area contributed by atoms with Gasteiger partial charge in [0.1, 0.15) is 5.78 Å². The zero-order valence-corrected chi connectivity index (χ0v) is 9.79. The topological polar surface area (TPSA) is 29.5 Å². The maximum atomic E-state index is 11.3. The number of rotatable bonds is 5. The van der Waals surface area contributed by atoms with Crippen LogP contribution in [0.1, 0.15) is 20.3 Å². The van der Waals surface area contributed by atoms with Crippen LogP contribution in [0.15, 0.2) is 12.2 Å². The van der Waals surface area contributed by atoms with E-state index >= 15 is 0 Å². The summed E-state index contributed by atoms with van der Waals surface area (Å²) in [4.78, 5) is 13.6. The summed E-state index contributed by atoms with van der Waals surface area (Å²) in [6, 6.07) is 0. The van der Waals surface area contributed by atoms with Gasteiger partial charge in [-0.05, 0) is 6.92 Å². The number of ketones is 1. The van der Waals surface area contributed by atoms with Crippen molar-refractivity contribution in [1.82, 2.24) is 4.90 Å². The highest BCUT2D eigenvalue weighted by Crippen LogP contribution is 2.11. The molecule has 0 bridgehead atoms. The summed E-state index contributed by atoms with van der Waals surface area (Å²) < 4.78 is 5.43. The number of hydrogen-bond donors (Lipinski definition) is 0. The van der Waals surface area contributed by atoms with Crippen molar-refractivity contribution >= 4 is 5.78 Å². The number of carbonyl (C=O) groups excluding carboxylic acids is 1. The molecule has 0 N–H and O–H groups in total. The van der Waals surface area contributed by atoms with Crippen LogP contribution in [0.4, 0.5) is 0 Å². The molecular weight excluding hydrogens is 190 g/mol. The number of hydrogen-bond acceptors (Lipinski definition) is 3. The van der Waals surface area contributed by atoms with Crippen LogP contribution in [0, 0.1) is 5.92 Å². The second kappa shape index (κ2) is 6.03. The molecule has 1 unspecified atom stereocenters. The first-order valence-corrected chi connectivity index (χ1v) is 5.57. The molecule has 0 amide bonds. The minimum atomic E-state index is 0.194. The fourth-order valence-electron chi connectivity index (χ4n) is 1.74. The number of ether oxygens (including phenoxy) is 1. The Hall–Kier alpha value is -0.670. The summed E-state index contributed by atoms with van der Waals surface area (Å²) in [6.07, 6.45) is 0.696. The Labute approximate surface area is 92.1 Å². The minimum Gasteiger partial charge on any atom is -0.376 e. The van der Waals surface area contributed by atoms with Crippen molar-refractivity contribution in [2.45, 2.75) is 20.3 Å². The highest BCUT2D eigenvalue weighted by molar-refractivity contribution is 5.81. The average molecular weight is 211 g/mol. The lowest BCUT2D eigenvalue weighted by atomic mass is 9.99. The largest absolute Gasteiger partial charge is 0.376 e. The molecule has 1 atom stereocenters. The van der Waals surface area contributed by atoms with Crippen LogP contribution in [0.3, 0.4) is 0 Å². The number of nitrogens with zero attached hydrogens (tertiary/aromatic N) is 1. The summed E-state index contributed by atoms with van der Waals surface area (Å²) in [5, 5.41) is 0. The van der Waals surface area contributed by atoms with Crippen LogP contribution < -0.4 is 0 Å². The van der Waals surface area contributed by atoms with E-state index in [4.69, 9.17) is 4.74 Å². The molecule has 3 heteroatoms. The SMILES string of the molecule is C=C(C)COCCN1CCC(=O)C(C)C1. The molecule has 0 aromatic carbocycles. The summed E-state index contributed by atoms with van der Waals surface area (Å²) in [6.45, 7) is 11.8. The maximum absolute atomic E-state index is 11.3. The number of carbonyl (C=O) groups is 1. The van der Waals surface area contributed by atoms with Gasteiger partial charge in [-0.2, -0.15) is 0 Å². The fourth-order valence-corrected chi connectivity index (χ4v) is 1.74. The predicted molar refractivity (Wildman–Crippen MR) is 60.9 cm³/mol. The zero-order valence-electron chi connectivity index (χ0n) is 9.79. The molecule has 0 spiro atoms. The monoisotopic (exact) mass is 211 g/mol. The quantitative estimate of drug-likeness (QED) is 0.510. The van der Waals surface area contributed by atoms with E-state index in [1.807, 2.05) is 13.8 Å². The molecule has 3 nitrogen and oxygen atoms in total. The van der Waals surface area contributed by atoms with E-state index in [1.165, 1.54) is 0 Å². The highest BCUT2D eigenvalue weighted by atomic mass is 16.5. The average Bonchev–Trinajstić information content (AvgIpc) is 2.18.